The molecule has 1 atom stereocenters. The Morgan fingerprint density at radius 1 is 1.10 bits per heavy atom. The minimum atomic E-state index is -0.777. The Morgan fingerprint density at radius 3 is 2.71 bits per heavy atom. The Balaban J connectivity index is 1.58. The molecule has 31 heavy (non-hydrogen) atoms. The molecule has 3 aromatic rings. The lowest BCUT2D eigenvalue weighted by atomic mass is 10.0. The normalized spacial score (nSPS) is 14.0. The van der Waals surface area contributed by atoms with Gasteiger partial charge in [0.1, 0.15) is 11.8 Å². The fourth-order valence-corrected chi connectivity index (χ4v) is 3.57. The summed E-state index contributed by atoms with van der Waals surface area (Å²) < 4.78 is 0. The van der Waals surface area contributed by atoms with Crippen LogP contribution in [0.15, 0.2) is 84.7 Å². The fourth-order valence-electron chi connectivity index (χ4n) is 3.57. The summed E-state index contributed by atoms with van der Waals surface area (Å²) >= 11 is 0. The molecule has 0 bridgehead atoms. The molecule has 0 spiro atoms. The number of hydrogen-bond acceptors (Lipinski definition) is 4. The van der Waals surface area contributed by atoms with Crippen LogP contribution in [0.4, 0.5) is 5.69 Å². The molecule has 2 amide bonds. The summed E-state index contributed by atoms with van der Waals surface area (Å²) in [6, 6.07) is 13.3. The van der Waals surface area contributed by atoms with Crippen LogP contribution in [0.3, 0.4) is 0 Å². The third kappa shape index (κ3) is 4.98. The number of amides is 2. The highest BCUT2D eigenvalue weighted by Gasteiger charge is 2.23. The molecule has 0 saturated heterocycles. The van der Waals surface area contributed by atoms with E-state index in [9.17, 15) is 14.7 Å². The number of phenolic OH excluding ortho intramolecular Hbond substituents is 1. The molecule has 6 nitrogen and oxygen atoms in total. The largest absolute Gasteiger partial charge is 0.508 e. The molecular formula is C25H23N3O3. The molecule has 0 radical (unpaired) electrons. The average Bonchev–Trinajstić information content (AvgIpc) is 2.81. The van der Waals surface area contributed by atoms with Crippen molar-refractivity contribution in [1.82, 2.24) is 10.3 Å². The van der Waals surface area contributed by atoms with Gasteiger partial charge in [-0.1, -0.05) is 42.5 Å². The van der Waals surface area contributed by atoms with E-state index in [-0.39, 0.29) is 17.6 Å². The van der Waals surface area contributed by atoms with Gasteiger partial charge in [-0.2, -0.15) is 0 Å². The van der Waals surface area contributed by atoms with E-state index in [1.807, 2.05) is 36.4 Å². The molecule has 1 aliphatic carbocycles. The first-order chi connectivity index (χ1) is 15.1. The standard InChI is InChI=1S/C25H23N3O3/c29-20-11-9-17(10-12-20)15-23(28-24(30)18-5-2-1-3-6-18)25(31)27-22-8-4-7-19-16-26-14-13-21(19)22/h1-2,4-5,7-14,16,23,29H,3,6,15H2,(H,27,31)(H,28,30). The summed E-state index contributed by atoms with van der Waals surface area (Å²) in [5, 5.41) is 17.2. The van der Waals surface area contributed by atoms with Crippen molar-refractivity contribution >= 4 is 28.3 Å². The van der Waals surface area contributed by atoms with E-state index in [4.69, 9.17) is 0 Å². The maximum Gasteiger partial charge on any atom is 0.247 e. The topological polar surface area (TPSA) is 91.3 Å². The smallest absolute Gasteiger partial charge is 0.247 e. The van der Waals surface area contributed by atoms with Crippen LogP contribution in [0, 0.1) is 0 Å². The second-order valence-corrected chi connectivity index (χ2v) is 7.45. The van der Waals surface area contributed by atoms with E-state index < -0.39 is 6.04 Å². The first-order valence-corrected chi connectivity index (χ1v) is 10.2. The minimum absolute atomic E-state index is 0.150. The van der Waals surface area contributed by atoms with Crippen molar-refractivity contribution < 1.29 is 14.7 Å². The van der Waals surface area contributed by atoms with Gasteiger partial charge < -0.3 is 15.7 Å². The quantitative estimate of drug-likeness (QED) is 0.572. The Labute approximate surface area is 180 Å². The number of aromatic hydroxyl groups is 1. The van der Waals surface area contributed by atoms with Gasteiger partial charge in [0.2, 0.25) is 11.8 Å². The van der Waals surface area contributed by atoms with Crippen LogP contribution in [-0.4, -0.2) is 27.9 Å². The number of allylic oxidation sites excluding steroid dienone is 3. The van der Waals surface area contributed by atoms with Crippen LogP contribution in [0.25, 0.3) is 10.8 Å². The van der Waals surface area contributed by atoms with Gasteiger partial charge in [-0.25, -0.2) is 0 Å². The molecule has 4 rings (SSSR count). The van der Waals surface area contributed by atoms with E-state index in [1.165, 1.54) is 0 Å². The number of carbonyl (C=O) groups excluding carboxylic acids is 2. The van der Waals surface area contributed by atoms with Crippen molar-refractivity contribution in [3.05, 3.63) is 90.3 Å². The number of phenols is 1. The van der Waals surface area contributed by atoms with Gasteiger partial charge >= 0.3 is 0 Å². The summed E-state index contributed by atoms with van der Waals surface area (Å²) in [5.41, 5.74) is 2.15. The minimum Gasteiger partial charge on any atom is -0.508 e. The van der Waals surface area contributed by atoms with Crippen LogP contribution in [-0.2, 0) is 16.0 Å². The molecule has 1 heterocycles. The zero-order valence-electron chi connectivity index (χ0n) is 16.9. The third-order valence-corrected chi connectivity index (χ3v) is 5.24. The Bertz CT molecular complexity index is 1160. The van der Waals surface area contributed by atoms with Crippen LogP contribution in [0.1, 0.15) is 18.4 Å². The highest BCUT2D eigenvalue weighted by atomic mass is 16.3. The van der Waals surface area contributed by atoms with Crippen molar-refractivity contribution in [2.24, 2.45) is 0 Å². The number of fused-ring (bicyclic) bond motifs is 1. The molecule has 6 heteroatoms. The van der Waals surface area contributed by atoms with Crippen molar-refractivity contribution in [3.8, 4) is 5.75 Å². The molecule has 1 aromatic heterocycles. The van der Waals surface area contributed by atoms with Crippen LogP contribution in [0.5, 0.6) is 5.75 Å². The lowest BCUT2D eigenvalue weighted by Crippen LogP contribution is -2.45. The monoisotopic (exact) mass is 413 g/mol. The van der Waals surface area contributed by atoms with Gasteiger partial charge in [0, 0.05) is 40.8 Å². The Hall–Kier alpha value is -3.93. The maximum atomic E-state index is 13.2. The summed E-state index contributed by atoms with van der Waals surface area (Å²) in [4.78, 5) is 30.1. The van der Waals surface area contributed by atoms with Crippen molar-refractivity contribution in [2.75, 3.05) is 5.32 Å². The fraction of sp³-hybridized carbons (Fsp3) is 0.160. The second kappa shape index (κ2) is 9.26. The van der Waals surface area contributed by atoms with E-state index >= 15 is 0 Å². The number of rotatable bonds is 6. The summed E-state index contributed by atoms with van der Waals surface area (Å²) in [6.07, 6.45) is 10.8. The SMILES string of the molecule is O=C(NC(Cc1ccc(O)cc1)C(=O)Nc1cccc2cnccc12)C1=CC=CCC1. The van der Waals surface area contributed by atoms with Crippen molar-refractivity contribution in [2.45, 2.75) is 25.3 Å². The summed E-state index contributed by atoms with van der Waals surface area (Å²) in [5.74, 6) is -0.402. The van der Waals surface area contributed by atoms with E-state index in [2.05, 4.69) is 15.6 Å². The zero-order valence-corrected chi connectivity index (χ0v) is 16.9. The molecule has 2 aromatic carbocycles. The zero-order chi connectivity index (χ0) is 21.6. The maximum absolute atomic E-state index is 13.2. The van der Waals surface area contributed by atoms with Crippen LogP contribution in [0.2, 0.25) is 0 Å². The number of carbonyl (C=O) groups is 2. The van der Waals surface area contributed by atoms with Crippen molar-refractivity contribution in [1.29, 1.82) is 0 Å². The third-order valence-electron chi connectivity index (χ3n) is 5.24. The number of nitrogens with zero attached hydrogens (tertiary/aromatic N) is 1. The van der Waals surface area contributed by atoms with Gasteiger partial charge in [-0.05, 0) is 42.7 Å². The number of benzene rings is 2. The van der Waals surface area contributed by atoms with Crippen LogP contribution >= 0.6 is 0 Å². The first-order valence-electron chi connectivity index (χ1n) is 10.2. The van der Waals surface area contributed by atoms with E-state index in [0.717, 1.165) is 22.8 Å². The number of anilines is 1. The van der Waals surface area contributed by atoms with Crippen molar-refractivity contribution in [3.63, 3.8) is 0 Å². The number of nitrogens with one attached hydrogen (secondary N) is 2. The van der Waals surface area contributed by atoms with Crippen LogP contribution < -0.4 is 10.6 Å². The average molecular weight is 413 g/mol. The molecular weight excluding hydrogens is 390 g/mol. The molecule has 0 aliphatic heterocycles. The predicted molar refractivity (Wildman–Crippen MR) is 121 cm³/mol. The molecule has 0 fully saturated rings. The van der Waals surface area contributed by atoms with Gasteiger partial charge in [0.15, 0.2) is 0 Å². The van der Waals surface area contributed by atoms with Gasteiger partial charge in [0.05, 0.1) is 0 Å². The summed E-state index contributed by atoms with van der Waals surface area (Å²) in [6.45, 7) is 0. The Kier molecular flexibility index (Phi) is 6.08. The van der Waals surface area contributed by atoms with E-state index in [0.29, 0.717) is 24.1 Å². The van der Waals surface area contributed by atoms with Gasteiger partial charge in [-0.15, -0.1) is 0 Å². The highest BCUT2D eigenvalue weighted by Crippen LogP contribution is 2.23. The van der Waals surface area contributed by atoms with Gasteiger partial charge in [0.25, 0.3) is 0 Å². The number of aromatic nitrogens is 1. The lowest BCUT2D eigenvalue weighted by molar-refractivity contribution is -0.124. The second-order valence-electron chi connectivity index (χ2n) is 7.45. The lowest BCUT2D eigenvalue weighted by Gasteiger charge is -2.20. The highest BCUT2D eigenvalue weighted by molar-refractivity contribution is 6.05. The van der Waals surface area contributed by atoms with E-state index in [1.54, 1.807) is 42.7 Å². The molecule has 1 aliphatic rings. The molecule has 3 N–H and O–H groups in total. The number of pyridine rings is 1. The molecule has 156 valence electrons. The Morgan fingerprint density at radius 2 is 1.94 bits per heavy atom. The summed E-state index contributed by atoms with van der Waals surface area (Å²) in [7, 11) is 0. The first kappa shape index (κ1) is 20.3. The van der Waals surface area contributed by atoms with Gasteiger partial charge in [-0.3, -0.25) is 14.6 Å². The predicted octanol–water partition coefficient (Wildman–Crippen LogP) is 3.88. The molecule has 1 unspecified atom stereocenters. The molecule has 0 saturated carbocycles. The number of hydrogen-bond donors (Lipinski definition) is 3.